The molecule has 3 aromatic carbocycles. The van der Waals surface area contributed by atoms with Gasteiger partial charge in [-0.05, 0) is 30.3 Å². The summed E-state index contributed by atoms with van der Waals surface area (Å²) in [7, 11) is 3.39. The van der Waals surface area contributed by atoms with Crippen LogP contribution >= 0.6 is 0 Å². The van der Waals surface area contributed by atoms with Crippen molar-refractivity contribution in [1.29, 1.82) is 0 Å². The number of methoxy groups -OCH3 is 1. The minimum atomic E-state index is -0.401. The van der Waals surface area contributed by atoms with E-state index in [1.165, 1.54) is 6.07 Å². The third-order valence-electron chi connectivity index (χ3n) is 5.81. The number of carbonyl (C=O) groups is 1. The Hall–Kier alpha value is -4.04. The molecule has 0 saturated carbocycles. The number of likely N-dealkylation sites (N-methyl/N-ethyl adjacent to an activating group) is 1. The summed E-state index contributed by atoms with van der Waals surface area (Å²) in [5.41, 5.74) is 3.39. The van der Waals surface area contributed by atoms with E-state index in [-0.39, 0.29) is 30.7 Å². The van der Waals surface area contributed by atoms with Crippen LogP contribution < -0.4 is 4.74 Å². The lowest BCUT2D eigenvalue weighted by molar-refractivity contribution is -0.385. The maximum absolute atomic E-state index is 13.4. The summed E-state index contributed by atoms with van der Waals surface area (Å²) in [5.74, 6) is 0.570. The SMILES string of the molecule is COc1ccc(C2CC(c3ccccc3)=NN2C(=O)CN(C)Cc2ccccc2[N+](=O)[O-])cc1. The van der Waals surface area contributed by atoms with Crippen LogP contribution in [0.25, 0.3) is 0 Å². The molecule has 34 heavy (non-hydrogen) atoms. The number of nitrogens with zero attached hydrogens (tertiary/aromatic N) is 4. The maximum atomic E-state index is 13.4. The summed E-state index contributed by atoms with van der Waals surface area (Å²) < 4.78 is 5.27. The Bertz CT molecular complexity index is 1190. The van der Waals surface area contributed by atoms with Crippen molar-refractivity contribution in [3.63, 3.8) is 0 Å². The van der Waals surface area contributed by atoms with E-state index in [0.29, 0.717) is 12.0 Å². The van der Waals surface area contributed by atoms with E-state index in [0.717, 1.165) is 22.6 Å². The fourth-order valence-corrected chi connectivity index (χ4v) is 4.10. The highest BCUT2D eigenvalue weighted by Gasteiger charge is 2.33. The van der Waals surface area contributed by atoms with Gasteiger partial charge in [-0.2, -0.15) is 5.10 Å². The van der Waals surface area contributed by atoms with Crippen LogP contribution in [0.15, 0.2) is 84.0 Å². The highest BCUT2D eigenvalue weighted by Crippen LogP contribution is 2.33. The van der Waals surface area contributed by atoms with Gasteiger partial charge in [0.25, 0.3) is 11.6 Å². The fourth-order valence-electron chi connectivity index (χ4n) is 4.10. The van der Waals surface area contributed by atoms with Gasteiger partial charge in [0.05, 0.1) is 30.3 Å². The van der Waals surface area contributed by atoms with Gasteiger partial charge in [0.2, 0.25) is 0 Å². The van der Waals surface area contributed by atoms with Gasteiger partial charge >= 0.3 is 0 Å². The number of benzene rings is 3. The molecule has 4 rings (SSSR count). The number of ether oxygens (including phenoxy) is 1. The van der Waals surface area contributed by atoms with E-state index in [1.54, 1.807) is 42.3 Å². The Morgan fingerprint density at radius 3 is 2.44 bits per heavy atom. The summed E-state index contributed by atoms with van der Waals surface area (Å²) in [4.78, 5) is 26.1. The Morgan fingerprint density at radius 1 is 1.09 bits per heavy atom. The molecule has 1 unspecified atom stereocenters. The molecule has 1 atom stereocenters. The normalized spacial score (nSPS) is 15.3. The van der Waals surface area contributed by atoms with Crippen molar-refractivity contribution < 1.29 is 14.5 Å². The summed E-state index contributed by atoms with van der Waals surface area (Å²) in [6.45, 7) is 0.351. The number of rotatable bonds is 8. The number of hydrogen-bond donors (Lipinski definition) is 0. The van der Waals surface area contributed by atoms with Gasteiger partial charge in [0.1, 0.15) is 5.75 Å². The van der Waals surface area contributed by atoms with Crippen LogP contribution in [0, 0.1) is 10.1 Å². The van der Waals surface area contributed by atoms with Gasteiger partial charge in [0.15, 0.2) is 0 Å². The summed E-state index contributed by atoms with van der Waals surface area (Å²) in [6, 6.07) is 23.8. The topological polar surface area (TPSA) is 88.3 Å². The van der Waals surface area contributed by atoms with Gasteiger partial charge in [-0.25, -0.2) is 5.01 Å². The van der Waals surface area contributed by atoms with Crippen LogP contribution in [-0.4, -0.2) is 47.2 Å². The molecule has 1 aliphatic heterocycles. The van der Waals surface area contributed by atoms with E-state index in [4.69, 9.17) is 9.84 Å². The van der Waals surface area contributed by atoms with Crippen molar-refractivity contribution >= 4 is 17.3 Å². The largest absolute Gasteiger partial charge is 0.497 e. The van der Waals surface area contributed by atoms with Crippen molar-refractivity contribution in [1.82, 2.24) is 9.91 Å². The Balaban J connectivity index is 1.55. The molecule has 0 bridgehead atoms. The molecule has 0 N–H and O–H groups in total. The summed E-state index contributed by atoms with van der Waals surface area (Å²) in [5, 5.41) is 17.6. The van der Waals surface area contributed by atoms with Gasteiger partial charge in [-0.3, -0.25) is 19.8 Å². The van der Waals surface area contributed by atoms with Crippen molar-refractivity contribution in [2.45, 2.75) is 19.0 Å². The smallest absolute Gasteiger partial charge is 0.273 e. The second kappa shape index (κ2) is 10.3. The molecule has 174 valence electrons. The first-order chi connectivity index (χ1) is 16.5. The molecule has 8 nitrogen and oxygen atoms in total. The maximum Gasteiger partial charge on any atom is 0.273 e. The molecule has 0 saturated heterocycles. The zero-order chi connectivity index (χ0) is 24.1. The van der Waals surface area contributed by atoms with Gasteiger partial charge in [0, 0.05) is 24.6 Å². The molecule has 1 amide bonds. The highest BCUT2D eigenvalue weighted by atomic mass is 16.6. The molecule has 0 spiro atoms. The van der Waals surface area contributed by atoms with Crippen LogP contribution in [0.1, 0.15) is 29.2 Å². The first-order valence-corrected chi connectivity index (χ1v) is 11.0. The molecule has 0 aliphatic carbocycles. The van der Waals surface area contributed by atoms with Crippen LogP contribution in [0.3, 0.4) is 0 Å². The first kappa shape index (κ1) is 23.1. The van der Waals surface area contributed by atoms with Crippen LogP contribution in [-0.2, 0) is 11.3 Å². The number of nitro benzene ring substituents is 1. The van der Waals surface area contributed by atoms with E-state index in [9.17, 15) is 14.9 Å². The van der Waals surface area contributed by atoms with Gasteiger partial charge in [-0.15, -0.1) is 0 Å². The third-order valence-corrected chi connectivity index (χ3v) is 5.81. The molecule has 3 aromatic rings. The van der Waals surface area contributed by atoms with Gasteiger partial charge < -0.3 is 4.74 Å². The van der Waals surface area contributed by atoms with Crippen LogP contribution in [0.5, 0.6) is 5.75 Å². The highest BCUT2D eigenvalue weighted by molar-refractivity contribution is 6.03. The molecular formula is C26H26N4O4. The minimum Gasteiger partial charge on any atom is -0.497 e. The van der Waals surface area contributed by atoms with E-state index >= 15 is 0 Å². The molecule has 1 aliphatic rings. The van der Waals surface area contributed by atoms with Crippen molar-refractivity contribution in [3.8, 4) is 5.75 Å². The lowest BCUT2D eigenvalue weighted by atomic mass is 9.98. The Kier molecular flexibility index (Phi) is 6.98. The average molecular weight is 459 g/mol. The van der Waals surface area contributed by atoms with E-state index < -0.39 is 4.92 Å². The number of hydrogen-bond acceptors (Lipinski definition) is 6. The van der Waals surface area contributed by atoms with Gasteiger partial charge in [-0.1, -0.05) is 60.7 Å². The quantitative estimate of drug-likeness (QED) is 0.368. The Morgan fingerprint density at radius 2 is 1.76 bits per heavy atom. The van der Waals surface area contributed by atoms with Crippen molar-refractivity contribution in [2.24, 2.45) is 5.10 Å². The third kappa shape index (κ3) is 5.13. The lowest BCUT2D eigenvalue weighted by Crippen LogP contribution is -2.36. The molecule has 0 fully saturated rings. The van der Waals surface area contributed by atoms with Crippen molar-refractivity contribution in [2.75, 3.05) is 20.7 Å². The standard InChI is InChI=1S/C26H26N4O4/c1-28(17-21-10-6-7-11-24(21)30(32)33)18-26(31)29-25(20-12-14-22(34-2)15-13-20)16-23(27-29)19-8-4-3-5-9-19/h3-15,25H,16-18H2,1-2H3. The number of nitro groups is 1. The minimum absolute atomic E-state index is 0.0449. The number of hydrazone groups is 1. The molecule has 0 aromatic heterocycles. The predicted octanol–water partition coefficient (Wildman–Crippen LogP) is 4.41. The molecule has 1 heterocycles. The Labute approximate surface area is 198 Å². The summed E-state index contributed by atoms with van der Waals surface area (Å²) >= 11 is 0. The van der Waals surface area contributed by atoms with E-state index in [2.05, 4.69) is 0 Å². The fraction of sp³-hybridized carbons (Fsp3) is 0.231. The summed E-state index contributed by atoms with van der Waals surface area (Å²) in [6.07, 6.45) is 0.593. The number of amides is 1. The van der Waals surface area contributed by atoms with Crippen LogP contribution in [0.4, 0.5) is 5.69 Å². The average Bonchev–Trinajstić information content (AvgIpc) is 3.30. The predicted molar refractivity (Wildman–Crippen MR) is 130 cm³/mol. The second-order valence-electron chi connectivity index (χ2n) is 8.20. The lowest BCUT2D eigenvalue weighted by Gasteiger charge is -2.25. The zero-order valence-corrected chi connectivity index (χ0v) is 19.1. The number of carbonyl (C=O) groups excluding carboxylic acids is 1. The number of para-hydroxylation sites is 1. The first-order valence-electron chi connectivity index (χ1n) is 11.0. The van der Waals surface area contributed by atoms with Crippen LogP contribution in [0.2, 0.25) is 0 Å². The molecular weight excluding hydrogens is 432 g/mol. The monoisotopic (exact) mass is 458 g/mol. The van der Waals surface area contributed by atoms with Crippen molar-refractivity contribution in [3.05, 3.63) is 106 Å². The molecule has 8 heteroatoms. The molecule has 0 radical (unpaired) electrons. The zero-order valence-electron chi connectivity index (χ0n) is 19.1. The van der Waals surface area contributed by atoms with E-state index in [1.807, 2.05) is 54.6 Å². The second-order valence-corrected chi connectivity index (χ2v) is 8.20.